The van der Waals surface area contributed by atoms with E-state index in [2.05, 4.69) is 10.2 Å². The highest BCUT2D eigenvalue weighted by atomic mass is 32.2. The second-order valence-electron chi connectivity index (χ2n) is 5.49. The van der Waals surface area contributed by atoms with Gasteiger partial charge in [0.15, 0.2) is 5.82 Å². The Kier molecular flexibility index (Phi) is 4.48. The van der Waals surface area contributed by atoms with Gasteiger partial charge in [0.2, 0.25) is 5.16 Å². The van der Waals surface area contributed by atoms with E-state index in [1.165, 1.54) is 23.1 Å². The molecule has 2 aromatic heterocycles. The van der Waals surface area contributed by atoms with E-state index in [9.17, 15) is 9.90 Å². The zero-order valence-corrected chi connectivity index (χ0v) is 15.3. The molecule has 0 bridgehead atoms. The van der Waals surface area contributed by atoms with Crippen molar-refractivity contribution in [2.45, 2.75) is 16.8 Å². The van der Waals surface area contributed by atoms with Gasteiger partial charge in [-0.1, -0.05) is 30.0 Å². The topological polar surface area (TPSA) is 89.6 Å². The number of nitrogens with zero attached hydrogens (tertiary/aromatic N) is 4. The van der Waals surface area contributed by atoms with Gasteiger partial charge in [-0.15, -0.1) is 21.5 Å². The number of thioether (sulfide) groups is 1. The summed E-state index contributed by atoms with van der Waals surface area (Å²) in [5.41, 5.74) is 1.50. The van der Waals surface area contributed by atoms with E-state index < -0.39 is 5.97 Å². The fourth-order valence-electron chi connectivity index (χ4n) is 2.71. The van der Waals surface area contributed by atoms with Crippen LogP contribution < -0.4 is 4.74 Å². The van der Waals surface area contributed by atoms with Gasteiger partial charge in [0.1, 0.15) is 5.75 Å². The number of para-hydroxylation sites is 1. The lowest BCUT2D eigenvalue weighted by Crippen LogP contribution is -2.26. The van der Waals surface area contributed by atoms with Gasteiger partial charge >= 0.3 is 5.97 Å². The summed E-state index contributed by atoms with van der Waals surface area (Å²) in [6.45, 7) is 0. The number of ether oxygens (including phenoxy) is 1. The molecule has 1 aliphatic heterocycles. The lowest BCUT2D eigenvalue weighted by molar-refractivity contribution is -0.136. The largest absolute Gasteiger partial charge is 0.496 e. The van der Waals surface area contributed by atoms with Crippen molar-refractivity contribution >= 4 is 34.8 Å². The van der Waals surface area contributed by atoms with Crippen LogP contribution in [0.1, 0.15) is 11.3 Å². The van der Waals surface area contributed by atoms with E-state index in [1.807, 2.05) is 41.8 Å². The Morgan fingerprint density at radius 2 is 2.12 bits per heavy atom. The molecule has 1 aromatic carbocycles. The van der Waals surface area contributed by atoms with Crippen LogP contribution in [0.15, 0.2) is 52.0 Å². The van der Waals surface area contributed by atoms with Crippen LogP contribution in [0.5, 0.6) is 5.75 Å². The van der Waals surface area contributed by atoms with Crippen LogP contribution in [0.4, 0.5) is 0 Å². The number of carboxylic acids is 1. The fourth-order valence-corrected chi connectivity index (χ4v) is 4.63. The predicted octanol–water partition coefficient (Wildman–Crippen LogP) is 3.22. The highest BCUT2D eigenvalue weighted by Crippen LogP contribution is 2.37. The van der Waals surface area contributed by atoms with E-state index in [4.69, 9.17) is 9.84 Å². The molecule has 3 heterocycles. The minimum Gasteiger partial charge on any atom is -0.496 e. The summed E-state index contributed by atoms with van der Waals surface area (Å²) in [5.74, 6) is 0.366. The summed E-state index contributed by atoms with van der Waals surface area (Å²) in [6.07, 6.45) is -0.0295. The van der Waals surface area contributed by atoms with E-state index in [0.717, 1.165) is 16.2 Å². The first-order valence-electron chi connectivity index (χ1n) is 7.77. The molecule has 1 atom stereocenters. The molecule has 0 radical (unpaired) electrons. The summed E-state index contributed by atoms with van der Waals surface area (Å²) in [4.78, 5) is 12.2. The van der Waals surface area contributed by atoms with Gasteiger partial charge in [0.05, 0.1) is 34.9 Å². The molecule has 0 saturated heterocycles. The highest BCUT2D eigenvalue weighted by Gasteiger charge is 2.31. The molecule has 0 spiro atoms. The third-order valence-corrected chi connectivity index (χ3v) is 5.89. The molecule has 9 heteroatoms. The number of rotatable bonds is 5. The molecular weight excluding hydrogens is 372 g/mol. The highest BCUT2D eigenvalue weighted by molar-refractivity contribution is 8.00. The number of carbonyl (C=O) groups is 1. The van der Waals surface area contributed by atoms with Crippen molar-refractivity contribution in [2.24, 2.45) is 5.10 Å². The van der Waals surface area contributed by atoms with Crippen molar-refractivity contribution in [3.63, 3.8) is 0 Å². The molecule has 0 aliphatic carbocycles. The molecule has 1 N–H and O–H groups in total. The van der Waals surface area contributed by atoms with Crippen LogP contribution >= 0.6 is 23.1 Å². The van der Waals surface area contributed by atoms with Crippen LogP contribution in [0, 0.1) is 0 Å². The van der Waals surface area contributed by atoms with Crippen LogP contribution in [0.25, 0.3) is 11.4 Å². The summed E-state index contributed by atoms with van der Waals surface area (Å²) in [5, 5.41) is 24.6. The normalized spacial score (nSPS) is 16.0. The van der Waals surface area contributed by atoms with E-state index in [1.54, 1.807) is 11.8 Å². The first-order chi connectivity index (χ1) is 12.7. The minimum absolute atomic E-state index is 0.0295. The third kappa shape index (κ3) is 2.99. The molecule has 1 aliphatic rings. The maximum Gasteiger partial charge on any atom is 0.304 e. The summed E-state index contributed by atoms with van der Waals surface area (Å²) in [6, 6.07) is 11.4. The molecular formula is C17H14N4O3S2. The fraction of sp³-hybridized carbons (Fsp3) is 0.176. The van der Waals surface area contributed by atoms with Gasteiger partial charge in [0, 0.05) is 0 Å². The van der Waals surface area contributed by atoms with E-state index in [0.29, 0.717) is 16.7 Å². The molecule has 26 heavy (non-hydrogen) atoms. The number of benzene rings is 1. The minimum atomic E-state index is -0.871. The van der Waals surface area contributed by atoms with E-state index >= 15 is 0 Å². The number of thiophene rings is 1. The van der Waals surface area contributed by atoms with Gasteiger partial charge in [-0.25, -0.2) is 0 Å². The lowest BCUT2D eigenvalue weighted by Gasteiger charge is -2.21. The van der Waals surface area contributed by atoms with Gasteiger partial charge in [-0.2, -0.15) is 9.78 Å². The maximum absolute atomic E-state index is 11.3. The first kappa shape index (κ1) is 16.8. The van der Waals surface area contributed by atoms with Crippen molar-refractivity contribution in [1.82, 2.24) is 14.9 Å². The molecule has 0 saturated carbocycles. The zero-order valence-electron chi connectivity index (χ0n) is 13.7. The van der Waals surface area contributed by atoms with Gasteiger partial charge in [0.25, 0.3) is 0 Å². The number of fused-ring (bicyclic) bond motifs is 1. The average Bonchev–Trinajstić information content (AvgIpc) is 3.30. The molecule has 3 aromatic rings. The van der Waals surface area contributed by atoms with Crippen molar-refractivity contribution in [1.29, 1.82) is 0 Å². The Hall–Kier alpha value is -2.65. The van der Waals surface area contributed by atoms with Crippen LogP contribution in [-0.4, -0.2) is 44.0 Å². The van der Waals surface area contributed by atoms with Crippen molar-refractivity contribution in [3.05, 3.63) is 46.7 Å². The number of aliphatic carboxylic acids is 1. The molecule has 7 nitrogen and oxygen atoms in total. The maximum atomic E-state index is 11.3. The summed E-state index contributed by atoms with van der Waals surface area (Å²) < 4.78 is 7.08. The monoisotopic (exact) mass is 386 g/mol. The quantitative estimate of drug-likeness (QED) is 0.724. The van der Waals surface area contributed by atoms with Crippen molar-refractivity contribution in [3.8, 4) is 17.1 Å². The zero-order chi connectivity index (χ0) is 18.1. The predicted molar refractivity (Wildman–Crippen MR) is 100 cm³/mol. The second-order valence-corrected chi connectivity index (χ2v) is 7.60. The van der Waals surface area contributed by atoms with E-state index in [-0.39, 0.29) is 11.7 Å². The van der Waals surface area contributed by atoms with Crippen LogP contribution in [0.2, 0.25) is 0 Å². The Morgan fingerprint density at radius 3 is 2.85 bits per heavy atom. The number of hydrogen-bond acceptors (Lipinski definition) is 7. The average molecular weight is 386 g/mol. The Bertz CT molecular complexity index is 982. The van der Waals surface area contributed by atoms with Gasteiger partial charge in [-0.05, 0) is 23.6 Å². The second kappa shape index (κ2) is 6.93. The van der Waals surface area contributed by atoms with Gasteiger partial charge in [-0.3, -0.25) is 4.79 Å². The molecule has 0 unspecified atom stereocenters. The van der Waals surface area contributed by atoms with Crippen LogP contribution in [0.3, 0.4) is 0 Å². The van der Waals surface area contributed by atoms with Crippen molar-refractivity contribution < 1.29 is 14.6 Å². The smallest absolute Gasteiger partial charge is 0.304 e. The summed E-state index contributed by atoms with van der Waals surface area (Å²) in [7, 11) is 1.60. The van der Waals surface area contributed by atoms with Crippen molar-refractivity contribution in [2.75, 3.05) is 7.11 Å². The standard InChI is InChI=1S/C17H14N4O3S2/c1-24-11-6-3-2-5-10(11)16-18-19-17-21(16)20-15(12-7-4-8-25-12)13(26-17)9-14(22)23/h2-8,13H,9H2,1H3,(H,22,23)/t13-/m0/s1. The Morgan fingerprint density at radius 1 is 1.27 bits per heavy atom. The molecule has 4 rings (SSSR count). The first-order valence-corrected chi connectivity index (χ1v) is 9.53. The number of aromatic nitrogens is 3. The lowest BCUT2D eigenvalue weighted by atomic mass is 10.1. The summed E-state index contributed by atoms with van der Waals surface area (Å²) >= 11 is 2.90. The Labute approximate surface area is 157 Å². The van der Waals surface area contributed by atoms with Crippen LogP contribution in [-0.2, 0) is 4.79 Å². The third-order valence-electron chi connectivity index (χ3n) is 3.85. The molecule has 0 amide bonds. The Balaban J connectivity index is 1.84. The number of methoxy groups -OCH3 is 1. The molecule has 132 valence electrons. The molecule has 0 fully saturated rings. The number of carboxylic acid groups (broad SMARTS) is 1. The SMILES string of the molecule is COc1ccccc1-c1nnc2n1N=C(c1cccs1)[C@H](CC(=O)O)S2. The number of hydrogen-bond donors (Lipinski definition) is 1. The van der Waals surface area contributed by atoms with Gasteiger partial charge < -0.3 is 9.84 Å².